The molecule has 9 heterocycles. The Balaban J connectivity index is 0.000000132. The Morgan fingerprint density at radius 1 is 0.369 bits per heavy atom. The van der Waals surface area contributed by atoms with Gasteiger partial charge in [0.05, 0.1) is 0 Å². The summed E-state index contributed by atoms with van der Waals surface area (Å²) in [6.45, 7) is 2.51. The van der Waals surface area contributed by atoms with Gasteiger partial charge in [0.1, 0.15) is 99.3 Å². The lowest BCUT2D eigenvalue weighted by molar-refractivity contribution is 0.0692. The lowest BCUT2D eigenvalue weighted by Gasteiger charge is -2.44. The van der Waals surface area contributed by atoms with Crippen molar-refractivity contribution < 1.29 is 56.7 Å². The number of para-hydroxylation sites is 3. The molecule has 0 saturated heterocycles. The highest BCUT2D eigenvalue weighted by Crippen LogP contribution is 2.41. The van der Waals surface area contributed by atoms with Gasteiger partial charge < -0.3 is 43.9 Å². The fourth-order valence-corrected chi connectivity index (χ4v) is 13.3. The van der Waals surface area contributed by atoms with Crippen molar-refractivity contribution in [2.75, 3.05) is 74.5 Å². The highest BCUT2D eigenvalue weighted by molar-refractivity contribution is 5.98. The predicted molar refractivity (Wildman–Crippen MR) is 377 cm³/mol. The predicted octanol–water partition coefficient (Wildman–Crippen LogP) is 10.2. The lowest BCUT2D eigenvalue weighted by atomic mass is 9.97. The van der Waals surface area contributed by atoms with Crippen LogP contribution in [-0.4, -0.2) is 116 Å². The summed E-state index contributed by atoms with van der Waals surface area (Å²) in [5.41, 5.74) is 3.90. The van der Waals surface area contributed by atoms with E-state index < -0.39 is 52.3 Å². The summed E-state index contributed by atoms with van der Waals surface area (Å²) in [5.74, 6) is -1.56. The van der Waals surface area contributed by atoms with Crippen molar-refractivity contribution >= 4 is 17.7 Å². The minimum atomic E-state index is -0.631. The molecule has 103 heavy (non-hydrogen) atoms. The largest absolute Gasteiger partial charge is 0.502 e. The number of fused-ring (bicyclic) bond motifs is 15. The van der Waals surface area contributed by atoms with Gasteiger partial charge in [0.2, 0.25) is 16.3 Å². The number of ether oxygens (including phenoxy) is 4. The number of halogens is 3. The van der Waals surface area contributed by atoms with E-state index in [4.69, 9.17) is 18.9 Å². The summed E-state index contributed by atoms with van der Waals surface area (Å²) in [6.07, 6.45) is 15.5. The van der Waals surface area contributed by atoms with Crippen LogP contribution in [0.5, 0.6) is 34.5 Å². The van der Waals surface area contributed by atoms with Crippen LogP contribution in [-0.2, 0) is 6.61 Å². The molecule has 7 aromatic carbocycles. The van der Waals surface area contributed by atoms with E-state index in [2.05, 4.69) is 0 Å². The van der Waals surface area contributed by atoms with E-state index in [1.165, 1.54) is 86.1 Å². The highest BCUT2D eigenvalue weighted by atomic mass is 19.1. The first kappa shape index (κ1) is 67.2. The van der Waals surface area contributed by atoms with Crippen LogP contribution in [0, 0.1) is 17.5 Å². The molecule has 24 heteroatoms. The third-order valence-corrected chi connectivity index (χ3v) is 18.2. The standard InChI is InChI=1S/C31H26FN3O4.2C24H20FN3O4/c32-24-14-12-23(13-15-24)28-25-10-4-5-11-27(25)38-19-7-6-17-33-21-35(28)34-18-16-26(36)30(29(34)31(33)37)39-20-22-8-2-1-3-9-22;2*25-17-9-7-16(8-10-17)21-18-5-1-2-6-20(18)32-14-4-3-12-26-15-28(21)27-13-11-19(29)23(30)22(27)24(26)31/h1-16,18,28H,17,19-21H2;2*1-11,13,21,30H,12,14-15H2/b7-6-;2*4-3-/t;2*21-/m.10/s1. The number of carbonyl (C=O) groups is 3. The molecule has 2 N–H and O–H groups in total. The molecule has 0 spiro atoms. The zero-order chi connectivity index (χ0) is 71.3. The molecule has 6 aliphatic heterocycles. The number of amides is 3. The van der Waals surface area contributed by atoms with Crippen molar-refractivity contribution in [2.45, 2.75) is 24.7 Å². The van der Waals surface area contributed by atoms with Crippen LogP contribution in [0.1, 0.15) is 88.5 Å². The van der Waals surface area contributed by atoms with E-state index >= 15 is 0 Å². The van der Waals surface area contributed by atoms with Crippen molar-refractivity contribution in [1.82, 2.24) is 28.7 Å². The monoisotopic (exact) mass is 1390 g/mol. The Morgan fingerprint density at radius 3 is 1.06 bits per heavy atom. The summed E-state index contributed by atoms with van der Waals surface area (Å²) in [7, 11) is 0. The zero-order valence-electron chi connectivity index (χ0n) is 55.1. The number of rotatable bonds is 6. The number of nitrogens with zero attached hydrogens (tertiary/aromatic N) is 9. The molecule has 6 bridgehead atoms. The number of aromatic hydroxyl groups is 2. The molecule has 0 saturated carbocycles. The SMILES string of the molecule is O=C1c2c(O)c(=O)ccn2N2CN1C/C=C\COc1ccccc1[C@@H]2c1ccc(F)cc1.O=C1c2c(O)c(=O)ccn2N2CN1C/C=C\COc1ccccc1[C@H]2c1ccc(F)cc1.O=C1c2c(OCc3ccccc3)c(=O)ccn2N2CN1C/C=C\COc1ccccc1C2c1ccc(F)cc1. The second-order valence-corrected chi connectivity index (χ2v) is 24.6. The number of hydrogen-bond donors (Lipinski definition) is 2. The molecule has 3 atom stereocenters. The Morgan fingerprint density at radius 2 is 0.689 bits per heavy atom. The first-order chi connectivity index (χ1) is 50.2. The van der Waals surface area contributed by atoms with Gasteiger partial charge in [0, 0.05) is 73.1 Å². The first-order valence-corrected chi connectivity index (χ1v) is 33.1. The smallest absolute Gasteiger partial charge is 0.278 e. The molecule has 520 valence electrons. The summed E-state index contributed by atoms with van der Waals surface area (Å²) in [6, 6.07) is 53.1. The normalized spacial score (nSPS) is 18.2. The highest BCUT2D eigenvalue weighted by Gasteiger charge is 2.41. The summed E-state index contributed by atoms with van der Waals surface area (Å²) >= 11 is 0. The van der Waals surface area contributed by atoms with E-state index in [-0.39, 0.29) is 91.3 Å². The maximum Gasteiger partial charge on any atom is 0.278 e. The lowest BCUT2D eigenvalue weighted by Crippen LogP contribution is -2.55. The van der Waals surface area contributed by atoms with Crippen molar-refractivity contribution in [3.8, 4) is 34.5 Å². The Hall–Kier alpha value is -13.0. The summed E-state index contributed by atoms with van der Waals surface area (Å²) in [4.78, 5) is 82.3. The van der Waals surface area contributed by atoms with Crippen LogP contribution in [0.2, 0.25) is 0 Å². The minimum absolute atomic E-state index is 0.0118. The Bertz CT molecular complexity index is 4930. The first-order valence-electron chi connectivity index (χ1n) is 33.1. The number of benzene rings is 7. The van der Waals surface area contributed by atoms with Gasteiger partial charge in [-0.3, -0.25) is 57.8 Å². The van der Waals surface area contributed by atoms with Gasteiger partial charge in [-0.2, -0.15) is 0 Å². The maximum atomic E-state index is 14.0. The van der Waals surface area contributed by atoms with Crippen molar-refractivity contribution in [2.24, 2.45) is 0 Å². The van der Waals surface area contributed by atoms with Gasteiger partial charge in [0.25, 0.3) is 17.7 Å². The zero-order valence-corrected chi connectivity index (χ0v) is 55.1. The van der Waals surface area contributed by atoms with Crippen LogP contribution in [0.4, 0.5) is 13.2 Å². The van der Waals surface area contributed by atoms with Crippen molar-refractivity contribution in [3.63, 3.8) is 0 Å². The maximum absolute atomic E-state index is 14.0. The minimum Gasteiger partial charge on any atom is -0.502 e. The van der Waals surface area contributed by atoms with Gasteiger partial charge in [-0.1, -0.05) is 140 Å². The van der Waals surface area contributed by atoms with Gasteiger partial charge in [0.15, 0.2) is 34.3 Å². The fraction of sp³-hybridized carbons (Fsp3) is 0.165. The molecule has 21 nitrogen and oxygen atoms in total. The number of pyridine rings is 3. The third kappa shape index (κ3) is 13.7. The van der Waals surface area contributed by atoms with Crippen molar-refractivity contribution in [3.05, 3.63) is 353 Å². The molecule has 6 aliphatic rings. The number of carbonyl (C=O) groups excluding carboxylic acids is 3. The van der Waals surface area contributed by atoms with Crippen LogP contribution in [0.15, 0.2) is 264 Å². The van der Waals surface area contributed by atoms with Crippen LogP contribution >= 0.6 is 0 Å². The van der Waals surface area contributed by atoms with E-state index in [1.54, 1.807) is 52.2 Å². The summed E-state index contributed by atoms with van der Waals surface area (Å²) < 4.78 is 70.3. The molecule has 0 aliphatic carbocycles. The van der Waals surface area contributed by atoms with Crippen LogP contribution in [0.3, 0.4) is 0 Å². The molecule has 10 aromatic rings. The van der Waals surface area contributed by atoms with Crippen molar-refractivity contribution in [1.29, 1.82) is 0 Å². The summed E-state index contributed by atoms with van der Waals surface area (Å²) in [5, 5.41) is 26.7. The van der Waals surface area contributed by atoms with Crippen LogP contribution in [0.25, 0.3) is 0 Å². The van der Waals surface area contributed by atoms with E-state index in [1.807, 2.05) is 155 Å². The average Bonchev–Trinajstić information content (AvgIpc) is 1.31. The average molecular weight is 1390 g/mol. The topological polar surface area (TPSA) is 214 Å². The third-order valence-electron chi connectivity index (χ3n) is 18.2. The molecular weight excluding hydrogens is 1320 g/mol. The fourth-order valence-electron chi connectivity index (χ4n) is 13.3. The second-order valence-electron chi connectivity index (χ2n) is 24.6. The van der Waals surface area contributed by atoms with E-state index in [0.29, 0.717) is 43.6 Å². The molecule has 1 unspecified atom stereocenters. The van der Waals surface area contributed by atoms with E-state index in [9.17, 15) is 52.2 Å². The molecular formula is C79H66F3N9O12. The van der Waals surface area contributed by atoms with Gasteiger partial charge >= 0.3 is 0 Å². The molecule has 3 aromatic heterocycles. The molecule has 0 fully saturated rings. The van der Waals surface area contributed by atoms with Gasteiger partial charge in [-0.15, -0.1) is 0 Å². The van der Waals surface area contributed by atoms with Gasteiger partial charge in [-0.05, 0) is 95.1 Å². The van der Waals surface area contributed by atoms with Gasteiger partial charge in [-0.25, -0.2) is 13.2 Å². The number of hydrogen-bond acceptors (Lipinski definition) is 15. The Labute approximate surface area is 587 Å². The molecule has 16 rings (SSSR count). The number of aromatic nitrogens is 3. The molecule has 3 amide bonds. The second kappa shape index (κ2) is 29.4. The Kier molecular flexibility index (Phi) is 19.2. The van der Waals surface area contributed by atoms with E-state index in [0.717, 1.165) is 38.9 Å². The quantitative estimate of drug-likeness (QED) is 0.148. The van der Waals surface area contributed by atoms with Crippen LogP contribution < -0.4 is 50.3 Å². The molecule has 0 radical (unpaired) electrons.